The minimum atomic E-state index is 0.562. The van der Waals surface area contributed by atoms with E-state index in [1.54, 1.807) is 0 Å². The molecule has 2 rings (SSSR count). The fraction of sp³-hybridized carbons (Fsp3) is 0.400. The first-order valence-electron chi connectivity index (χ1n) is 6.58. The average molecular weight is 244 g/mol. The van der Waals surface area contributed by atoms with Crippen molar-refractivity contribution in [1.82, 2.24) is 5.16 Å². The van der Waals surface area contributed by atoms with Crippen LogP contribution >= 0.6 is 0 Å². The molecule has 2 N–H and O–H groups in total. The number of aryl methyl sites for hydroxylation is 2. The highest BCUT2D eigenvalue weighted by molar-refractivity contribution is 5.40. The molecule has 0 fully saturated rings. The van der Waals surface area contributed by atoms with Crippen LogP contribution in [-0.4, -0.2) is 5.16 Å². The van der Waals surface area contributed by atoms with Crippen molar-refractivity contribution in [3.63, 3.8) is 0 Å². The number of hydrogen-bond donors (Lipinski definition) is 1. The first kappa shape index (κ1) is 12.7. The molecule has 0 amide bonds. The van der Waals surface area contributed by atoms with Crippen LogP contribution in [0.1, 0.15) is 36.7 Å². The van der Waals surface area contributed by atoms with E-state index in [2.05, 4.69) is 36.3 Å². The number of nitrogens with two attached hydrogens (primary N) is 1. The number of nitrogens with zero attached hydrogens (tertiary/aromatic N) is 1. The van der Waals surface area contributed by atoms with Gasteiger partial charge in [-0.1, -0.05) is 48.8 Å². The first-order valence-corrected chi connectivity index (χ1v) is 6.58. The maximum Gasteiger partial charge on any atom is 0.170 e. The minimum absolute atomic E-state index is 0.562. The van der Waals surface area contributed by atoms with Gasteiger partial charge in [-0.05, 0) is 24.8 Å². The molecule has 1 aromatic carbocycles. The van der Waals surface area contributed by atoms with Gasteiger partial charge in [-0.3, -0.25) is 0 Å². The molecule has 18 heavy (non-hydrogen) atoms. The highest BCUT2D eigenvalue weighted by atomic mass is 16.5. The van der Waals surface area contributed by atoms with E-state index in [4.69, 9.17) is 10.3 Å². The van der Waals surface area contributed by atoms with Crippen molar-refractivity contribution in [3.8, 4) is 0 Å². The van der Waals surface area contributed by atoms with E-state index < -0.39 is 0 Å². The summed E-state index contributed by atoms with van der Waals surface area (Å²) in [7, 11) is 0. The summed E-state index contributed by atoms with van der Waals surface area (Å²) >= 11 is 0. The molecule has 0 aliphatic carbocycles. The van der Waals surface area contributed by atoms with E-state index in [-0.39, 0.29) is 0 Å². The van der Waals surface area contributed by atoms with Gasteiger partial charge in [-0.15, -0.1) is 0 Å². The van der Waals surface area contributed by atoms with E-state index in [0.29, 0.717) is 5.82 Å². The van der Waals surface area contributed by atoms with Crippen molar-refractivity contribution >= 4 is 5.82 Å². The lowest BCUT2D eigenvalue weighted by Crippen LogP contribution is -1.96. The summed E-state index contributed by atoms with van der Waals surface area (Å²) in [4.78, 5) is 0. The first-order chi connectivity index (χ1) is 8.81. The van der Waals surface area contributed by atoms with E-state index in [1.165, 1.54) is 5.56 Å². The second kappa shape index (κ2) is 6.24. The average Bonchev–Trinajstić information content (AvgIpc) is 2.73. The molecular formula is C15H20N2O. The summed E-state index contributed by atoms with van der Waals surface area (Å²) in [5, 5.41) is 3.86. The Morgan fingerprint density at radius 2 is 1.89 bits per heavy atom. The van der Waals surface area contributed by atoms with Crippen LogP contribution in [0.4, 0.5) is 5.82 Å². The maximum absolute atomic E-state index is 5.81. The number of anilines is 1. The molecule has 0 aliphatic rings. The Morgan fingerprint density at radius 1 is 1.11 bits per heavy atom. The van der Waals surface area contributed by atoms with Crippen molar-refractivity contribution < 1.29 is 4.52 Å². The molecule has 1 heterocycles. The zero-order valence-corrected chi connectivity index (χ0v) is 10.9. The minimum Gasteiger partial charge on any atom is -0.381 e. The van der Waals surface area contributed by atoms with Crippen LogP contribution in [0.5, 0.6) is 0 Å². The molecule has 0 radical (unpaired) electrons. The molecule has 3 nitrogen and oxygen atoms in total. The molecule has 0 spiro atoms. The van der Waals surface area contributed by atoms with Gasteiger partial charge in [-0.25, -0.2) is 0 Å². The third-order valence-corrected chi connectivity index (χ3v) is 3.11. The Labute approximate surface area is 108 Å². The van der Waals surface area contributed by atoms with Gasteiger partial charge in [0.2, 0.25) is 0 Å². The summed E-state index contributed by atoms with van der Waals surface area (Å²) in [6.45, 7) is 2.14. The Kier molecular flexibility index (Phi) is 4.40. The molecule has 3 heteroatoms. The zero-order valence-electron chi connectivity index (χ0n) is 10.9. The topological polar surface area (TPSA) is 52.0 Å². The third-order valence-electron chi connectivity index (χ3n) is 3.11. The fourth-order valence-electron chi connectivity index (χ4n) is 2.17. The normalized spacial score (nSPS) is 10.7. The summed E-state index contributed by atoms with van der Waals surface area (Å²) in [6, 6.07) is 10.5. The van der Waals surface area contributed by atoms with Crippen molar-refractivity contribution in [2.75, 3.05) is 5.73 Å². The number of rotatable bonds is 6. The van der Waals surface area contributed by atoms with Crippen LogP contribution in [-0.2, 0) is 19.3 Å². The fourth-order valence-corrected chi connectivity index (χ4v) is 2.17. The van der Waals surface area contributed by atoms with E-state index in [0.717, 1.165) is 43.4 Å². The van der Waals surface area contributed by atoms with Gasteiger partial charge in [0.25, 0.3) is 0 Å². The van der Waals surface area contributed by atoms with Crippen molar-refractivity contribution in [3.05, 3.63) is 47.2 Å². The van der Waals surface area contributed by atoms with Gasteiger partial charge in [0.05, 0.1) is 0 Å². The summed E-state index contributed by atoms with van der Waals surface area (Å²) < 4.78 is 5.31. The van der Waals surface area contributed by atoms with Crippen LogP contribution in [0.2, 0.25) is 0 Å². The van der Waals surface area contributed by atoms with Gasteiger partial charge in [0, 0.05) is 12.0 Å². The maximum atomic E-state index is 5.81. The molecule has 0 saturated heterocycles. The molecule has 2 aromatic rings. The predicted molar refractivity (Wildman–Crippen MR) is 73.4 cm³/mol. The molecule has 0 unspecified atom stereocenters. The van der Waals surface area contributed by atoms with E-state index in [1.807, 2.05) is 6.07 Å². The molecule has 0 atom stereocenters. The molecular weight excluding hydrogens is 224 g/mol. The predicted octanol–water partition coefficient (Wildman–Crippen LogP) is 3.38. The zero-order chi connectivity index (χ0) is 12.8. The molecule has 0 aliphatic heterocycles. The molecule has 1 aromatic heterocycles. The van der Waals surface area contributed by atoms with Gasteiger partial charge in [-0.2, -0.15) is 0 Å². The number of nitrogen functional groups attached to an aromatic ring is 1. The van der Waals surface area contributed by atoms with Gasteiger partial charge in [0.1, 0.15) is 5.76 Å². The largest absolute Gasteiger partial charge is 0.381 e. The van der Waals surface area contributed by atoms with Crippen molar-refractivity contribution in [1.29, 1.82) is 0 Å². The third kappa shape index (κ3) is 3.13. The molecule has 0 bridgehead atoms. The van der Waals surface area contributed by atoms with Crippen LogP contribution in [0.25, 0.3) is 0 Å². The number of aromatic nitrogens is 1. The van der Waals surface area contributed by atoms with Crippen LogP contribution < -0.4 is 5.73 Å². The second-order valence-corrected chi connectivity index (χ2v) is 4.56. The Hall–Kier alpha value is -1.77. The standard InChI is InChI=1S/C15H20N2O/c1-2-7-13-14(18-17-15(13)16)11-6-10-12-8-4-3-5-9-12/h3-5,8-9H,2,6-7,10-11H2,1H3,(H2,16,17). The van der Waals surface area contributed by atoms with Crippen LogP contribution in [0.3, 0.4) is 0 Å². The Balaban J connectivity index is 1.90. The van der Waals surface area contributed by atoms with E-state index >= 15 is 0 Å². The van der Waals surface area contributed by atoms with Crippen LogP contribution in [0, 0.1) is 0 Å². The monoisotopic (exact) mass is 244 g/mol. The van der Waals surface area contributed by atoms with Crippen LogP contribution in [0.15, 0.2) is 34.9 Å². The van der Waals surface area contributed by atoms with Crippen molar-refractivity contribution in [2.24, 2.45) is 0 Å². The highest BCUT2D eigenvalue weighted by Gasteiger charge is 2.12. The van der Waals surface area contributed by atoms with Crippen molar-refractivity contribution in [2.45, 2.75) is 39.0 Å². The highest BCUT2D eigenvalue weighted by Crippen LogP contribution is 2.20. The second-order valence-electron chi connectivity index (χ2n) is 4.56. The molecule has 0 saturated carbocycles. The Bertz CT molecular complexity index is 476. The lowest BCUT2D eigenvalue weighted by atomic mass is 10.0. The Morgan fingerprint density at radius 3 is 2.61 bits per heavy atom. The van der Waals surface area contributed by atoms with Gasteiger partial charge >= 0.3 is 0 Å². The quantitative estimate of drug-likeness (QED) is 0.847. The lowest BCUT2D eigenvalue weighted by molar-refractivity contribution is 0.381. The number of benzene rings is 1. The lowest BCUT2D eigenvalue weighted by Gasteiger charge is -2.01. The molecule has 96 valence electrons. The SMILES string of the molecule is CCCc1c(N)noc1CCCc1ccccc1. The smallest absolute Gasteiger partial charge is 0.170 e. The number of hydrogen-bond acceptors (Lipinski definition) is 3. The van der Waals surface area contributed by atoms with E-state index in [9.17, 15) is 0 Å². The van der Waals surface area contributed by atoms with Gasteiger partial charge < -0.3 is 10.3 Å². The summed E-state index contributed by atoms with van der Waals surface area (Å²) in [5.74, 6) is 1.52. The van der Waals surface area contributed by atoms with Gasteiger partial charge in [0.15, 0.2) is 5.82 Å². The summed E-state index contributed by atoms with van der Waals surface area (Å²) in [6.07, 6.45) is 5.06. The summed E-state index contributed by atoms with van der Waals surface area (Å²) in [5.41, 5.74) is 8.27.